The number of anilines is 1. The average molecular weight is 247 g/mol. The Morgan fingerprint density at radius 3 is 2.50 bits per heavy atom. The molecule has 2 rings (SSSR count). The third kappa shape index (κ3) is 1.78. The van der Waals surface area contributed by atoms with Gasteiger partial charge in [-0.15, -0.1) is 0 Å². The van der Waals surface area contributed by atoms with E-state index in [0.29, 0.717) is 23.4 Å². The number of carbonyl (C=O) groups is 1. The number of ether oxygens (including phenoxy) is 1. The van der Waals surface area contributed by atoms with Crippen LogP contribution in [0.4, 0.5) is 5.69 Å². The fourth-order valence-electron chi connectivity index (χ4n) is 2.52. The van der Waals surface area contributed by atoms with Crippen LogP contribution in [0.15, 0.2) is 6.07 Å². The summed E-state index contributed by atoms with van der Waals surface area (Å²) >= 11 is 0. The van der Waals surface area contributed by atoms with E-state index in [0.717, 1.165) is 24.0 Å². The zero-order chi connectivity index (χ0) is 13.5. The van der Waals surface area contributed by atoms with E-state index in [4.69, 9.17) is 10.5 Å². The van der Waals surface area contributed by atoms with Crippen LogP contribution >= 0.6 is 0 Å². The van der Waals surface area contributed by atoms with Gasteiger partial charge in [-0.05, 0) is 43.9 Å². The molecule has 2 N–H and O–H groups in total. The van der Waals surface area contributed by atoms with Gasteiger partial charge in [0, 0.05) is 0 Å². The standard InChI is InChI=1S/C15H21NO2/c1-5-15(6-2)8-12(17)11-7-9(3)10(4)13(16)14(11)18-15/h7H,5-6,8,16H2,1-4H3. The van der Waals surface area contributed by atoms with Crippen molar-refractivity contribution in [2.45, 2.75) is 52.6 Å². The minimum absolute atomic E-state index is 0.148. The number of nitrogen functional groups attached to an aromatic ring is 1. The molecule has 3 nitrogen and oxygen atoms in total. The van der Waals surface area contributed by atoms with Crippen molar-refractivity contribution in [3.05, 3.63) is 22.8 Å². The van der Waals surface area contributed by atoms with E-state index in [1.165, 1.54) is 0 Å². The summed E-state index contributed by atoms with van der Waals surface area (Å²) in [6, 6.07) is 1.90. The third-order valence-corrected chi connectivity index (χ3v) is 4.24. The summed E-state index contributed by atoms with van der Waals surface area (Å²) in [6.07, 6.45) is 2.09. The van der Waals surface area contributed by atoms with Gasteiger partial charge in [-0.1, -0.05) is 13.8 Å². The van der Waals surface area contributed by atoms with Gasteiger partial charge in [0.25, 0.3) is 0 Å². The molecule has 0 fully saturated rings. The molecule has 1 aromatic rings. The van der Waals surface area contributed by atoms with Gasteiger partial charge in [-0.25, -0.2) is 0 Å². The molecule has 1 aliphatic heterocycles. The molecular formula is C15H21NO2. The van der Waals surface area contributed by atoms with Crippen molar-refractivity contribution in [3.8, 4) is 5.75 Å². The maximum Gasteiger partial charge on any atom is 0.170 e. The van der Waals surface area contributed by atoms with Crippen LogP contribution in [-0.4, -0.2) is 11.4 Å². The number of hydrogen-bond acceptors (Lipinski definition) is 3. The molecule has 1 aromatic carbocycles. The average Bonchev–Trinajstić information content (AvgIpc) is 2.37. The molecule has 0 bridgehead atoms. The second kappa shape index (κ2) is 4.30. The summed E-state index contributed by atoms with van der Waals surface area (Å²) in [5, 5.41) is 0. The summed E-state index contributed by atoms with van der Waals surface area (Å²) in [6.45, 7) is 8.05. The predicted molar refractivity (Wildman–Crippen MR) is 73.2 cm³/mol. The van der Waals surface area contributed by atoms with Crippen molar-refractivity contribution in [1.82, 2.24) is 0 Å². The first-order valence-electron chi connectivity index (χ1n) is 6.56. The van der Waals surface area contributed by atoms with Crippen LogP contribution in [0.25, 0.3) is 0 Å². The topological polar surface area (TPSA) is 52.3 Å². The lowest BCUT2D eigenvalue weighted by Crippen LogP contribution is -2.41. The van der Waals surface area contributed by atoms with E-state index in [2.05, 4.69) is 13.8 Å². The Bertz CT molecular complexity index is 502. The number of aryl methyl sites for hydroxylation is 1. The van der Waals surface area contributed by atoms with Crippen LogP contribution in [0.2, 0.25) is 0 Å². The Labute approximate surface area is 108 Å². The van der Waals surface area contributed by atoms with Crippen LogP contribution in [0.3, 0.4) is 0 Å². The number of nitrogens with two attached hydrogens (primary N) is 1. The lowest BCUT2D eigenvalue weighted by Gasteiger charge is -2.37. The predicted octanol–water partition coefficient (Wildman–Crippen LogP) is 3.41. The summed E-state index contributed by atoms with van der Waals surface area (Å²) in [5.41, 5.74) is 9.06. The largest absolute Gasteiger partial charge is 0.484 e. The molecule has 1 aliphatic rings. The molecule has 0 amide bonds. The number of hydrogen-bond donors (Lipinski definition) is 1. The number of Topliss-reactive ketones (excluding diaryl/α,β-unsaturated/α-hetero) is 1. The van der Waals surface area contributed by atoms with Gasteiger partial charge in [-0.2, -0.15) is 0 Å². The number of benzene rings is 1. The molecule has 3 heteroatoms. The molecule has 1 heterocycles. The second-order valence-corrected chi connectivity index (χ2v) is 5.20. The fraction of sp³-hybridized carbons (Fsp3) is 0.533. The van der Waals surface area contributed by atoms with Gasteiger partial charge < -0.3 is 10.5 Å². The normalized spacial score (nSPS) is 17.2. The van der Waals surface area contributed by atoms with Crippen LogP contribution in [0.1, 0.15) is 54.6 Å². The number of rotatable bonds is 2. The Morgan fingerprint density at radius 1 is 1.33 bits per heavy atom. The van der Waals surface area contributed by atoms with E-state index < -0.39 is 0 Å². The molecule has 18 heavy (non-hydrogen) atoms. The van der Waals surface area contributed by atoms with Gasteiger partial charge in [0.1, 0.15) is 5.60 Å². The number of fused-ring (bicyclic) bond motifs is 1. The summed E-state index contributed by atoms with van der Waals surface area (Å²) < 4.78 is 6.11. The van der Waals surface area contributed by atoms with Crippen molar-refractivity contribution >= 4 is 11.5 Å². The Balaban J connectivity index is 2.60. The van der Waals surface area contributed by atoms with Gasteiger partial charge in [0.05, 0.1) is 17.7 Å². The van der Waals surface area contributed by atoms with Gasteiger partial charge >= 0.3 is 0 Å². The fourth-order valence-corrected chi connectivity index (χ4v) is 2.52. The highest BCUT2D eigenvalue weighted by Gasteiger charge is 2.39. The molecule has 0 aromatic heterocycles. The molecule has 0 radical (unpaired) electrons. The molecule has 0 atom stereocenters. The van der Waals surface area contributed by atoms with Crippen molar-refractivity contribution in [2.75, 3.05) is 5.73 Å². The third-order valence-electron chi connectivity index (χ3n) is 4.24. The van der Waals surface area contributed by atoms with Gasteiger partial charge in [-0.3, -0.25) is 4.79 Å². The van der Waals surface area contributed by atoms with E-state index in [1.807, 2.05) is 19.9 Å². The zero-order valence-electron chi connectivity index (χ0n) is 11.6. The minimum atomic E-state index is -0.375. The zero-order valence-corrected chi connectivity index (χ0v) is 11.6. The molecule has 0 saturated carbocycles. The van der Waals surface area contributed by atoms with E-state index in [9.17, 15) is 4.79 Å². The molecule has 0 aliphatic carbocycles. The highest BCUT2D eigenvalue weighted by molar-refractivity contribution is 6.02. The summed E-state index contributed by atoms with van der Waals surface area (Å²) in [4.78, 5) is 12.3. The first-order chi connectivity index (χ1) is 8.44. The SMILES string of the molecule is CCC1(CC)CC(=O)c2cc(C)c(C)c(N)c2O1. The maximum atomic E-state index is 12.3. The highest BCUT2D eigenvalue weighted by Crippen LogP contribution is 2.42. The lowest BCUT2D eigenvalue weighted by atomic mass is 9.84. The minimum Gasteiger partial charge on any atom is -0.484 e. The number of ketones is 1. The maximum absolute atomic E-state index is 12.3. The Kier molecular flexibility index (Phi) is 3.09. The van der Waals surface area contributed by atoms with Crippen LogP contribution in [0.5, 0.6) is 5.75 Å². The molecule has 0 unspecified atom stereocenters. The van der Waals surface area contributed by atoms with Crippen LogP contribution in [0, 0.1) is 13.8 Å². The van der Waals surface area contributed by atoms with E-state index in [-0.39, 0.29) is 11.4 Å². The van der Waals surface area contributed by atoms with E-state index in [1.54, 1.807) is 0 Å². The number of carbonyl (C=O) groups excluding carboxylic acids is 1. The van der Waals surface area contributed by atoms with Crippen LogP contribution < -0.4 is 10.5 Å². The van der Waals surface area contributed by atoms with Crippen molar-refractivity contribution < 1.29 is 9.53 Å². The lowest BCUT2D eigenvalue weighted by molar-refractivity contribution is 0.0355. The molecule has 0 saturated heterocycles. The quantitative estimate of drug-likeness (QED) is 0.815. The van der Waals surface area contributed by atoms with Crippen molar-refractivity contribution in [1.29, 1.82) is 0 Å². The molecule has 0 spiro atoms. The van der Waals surface area contributed by atoms with Crippen molar-refractivity contribution in [3.63, 3.8) is 0 Å². The molecule has 98 valence electrons. The van der Waals surface area contributed by atoms with Gasteiger partial charge in [0.2, 0.25) is 0 Å². The second-order valence-electron chi connectivity index (χ2n) is 5.20. The molecular weight excluding hydrogens is 226 g/mol. The van der Waals surface area contributed by atoms with Crippen LogP contribution in [-0.2, 0) is 0 Å². The highest BCUT2D eigenvalue weighted by atomic mass is 16.5. The van der Waals surface area contributed by atoms with Crippen molar-refractivity contribution in [2.24, 2.45) is 0 Å². The first kappa shape index (κ1) is 12.9. The van der Waals surface area contributed by atoms with Gasteiger partial charge in [0.15, 0.2) is 11.5 Å². The van der Waals surface area contributed by atoms with E-state index >= 15 is 0 Å². The first-order valence-corrected chi connectivity index (χ1v) is 6.56. The summed E-state index contributed by atoms with van der Waals surface area (Å²) in [7, 11) is 0. The smallest absolute Gasteiger partial charge is 0.170 e. The Hall–Kier alpha value is -1.51. The Morgan fingerprint density at radius 2 is 1.94 bits per heavy atom. The summed E-state index contributed by atoms with van der Waals surface area (Å²) in [5.74, 6) is 0.743. The monoisotopic (exact) mass is 247 g/mol.